The van der Waals surface area contributed by atoms with Crippen LogP contribution < -0.4 is 15.7 Å². The molecule has 0 aliphatic heterocycles. The van der Waals surface area contributed by atoms with Crippen molar-refractivity contribution in [3.05, 3.63) is 57.6 Å². The zero-order valence-corrected chi connectivity index (χ0v) is 23.3. The predicted octanol–water partition coefficient (Wildman–Crippen LogP) is 5.48. The van der Waals surface area contributed by atoms with Gasteiger partial charge in [-0.3, -0.25) is 9.78 Å². The fourth-order valence-corrected chi connectivity index (χ4v) is 4.94. The lowest BCUT2D eigenvalue weighted by molar-refractivity contribution is -0.230. The van der Waals surface area contributed by atoms with Crippen molar-refractivity contribution in [2.75, 3.05) is 19.8 Å². The quantitative estimate of drug-likeness (QED) is 0.283. The Hall–Kier alpha value is -3.51. The van der Waals surface area contributed by atoms with Crippen LogP contribution in [0.2, 0.25) is 5.02 Å². The number of rotatable bonds is 11. The Morgan fingerprint density at radius 3 is 2.59 bits per heavy atom. The summed E-state index contributed by atoms with van der Waals surface area (Å²) in [5.74, 6) is -0.436. The second kappa shape index (κ2) is 13.4. The van der Waals surface area contributed by atoms with Gasteiger partial charge in [0.1, 0.15) is 11.2 Å². The van der Waals surface area contributed by atoms with E-state index < -0.39 is 23.2 Å². The highest BCUT2D eigenvalue weighted by Gasteiger charge is 2.59. The maximum absolute atomic E-state index is 13.9. The fourth-order valence-electron chi connectivity index (χ4n) is 4.73. The van der Waals surface area contributed by atoms with Crippen LogP contribution in [-0.2, 0) is 16.1 Å². The molecule has 41 heavy (non-hydrogen) atoms. The highest BCUT2D eigenvalue weighted by atomic mass is 35.5. The molecule has 2 aromatic heterocycles. The van der Waals surface area contributed by atoms with Gasteiger partial charge in [0.05, 0.1) is 11.6 Å². The maximum Gasteiger partial charge on any atom is 0.403 e. The number of ether oxygens (including phenoxy) is 2. The van der Waals surface area contributed by atoms with Crippen LogP contribution in [0.4, 0.5) is 13.2 Å². The number of H-pyrrole nitrogens is 1. The zero-order valence-electron chi connectivity index (χ0n) is 22.5. The molecule has 1 amide bonds. The van der Waals surface area contributed by atoms with Gasteiger partial charge in [0.25, 0.3) is 0 Å². The number of aromatic nitrogens is 4. The van der Waals surface area contributed by atoms with Gasteiger partial charge in [-0.15, -0.1) is 0 Å². The molecule has 0 bridgehead atoms. The number of nitrogens with one attached hydrogen (secondary N) is 2. The van der Waals surface area contributed by atoms with Crippen LogP contribution in [0.3, 0.4) is 0 Å². The second-order valence-corrected chi connectivity index (χ2v) is 10.2. The number of carbonyl (C=O) groups excluding carboxylic acids is 1. The standard InChI is InChI=1S/C28H31ClF3N5O4/c1-2-40-13-6-14-41-22-10-8-19(17-33-22)23-35-24(37-26(39)36-23)20-15-18(7-9-21(20)29)16-34-25(38)27(28(30,31)32)11-4-3-5-12-27/h7-10,15,17H,2-6,11-14,16H2,1H3,(H,34,38)(H,35,36,37,39). The SMILES string of the molecule is CCOCCCOc1ccc(-c2nc(-c3cc(CNC(=O)C4(C(F)(F)F)CCCCC4)ccc3Cl)[nH]c(=O)n2)cn1. The molecule has 0 saturated heterocycles. The zero-order chi connectivity index (χ0) is 29.5. The van der Waals surface area contributed by atoms with E-state index in [1.807, 2.05) is 6.92 Å². The third-order valence-electron chi connectivity index (χ3n) is 6.96. The molecule has 2 N–H and O–H groups in total. The minimum Gasteiger partial charge on any atom is -0.478 e. The maximum atomic E-state index is 13.9. The molecule has 1 aliphatic rings. The van der Waals surface area contributed by atoms with Gasteiger partial charge in [0, 0.05) is 49.6 Å². The van der Waals surface area contributed by atoms with Gasteiger partial charge in [-0.1, -0.05) is 36.9 Å². The lowest BCUT2D eigenvalue weighted by Crippen LogP contribution is -2.51. The molecule has 4 rings (SSSR count). The fraction of sp³-hybridized carbons (Fsp3) is 0.464. The largest absolute Gasteiger partial charge is 0.478 e. The molecule has 2 heterocycles. The smallest absolute Gasteiger partial charge is 0.403 e. The van der Waals surface area contributed by atoms with E-state index in [0.717, 1.165) is 0 Å². The van der Waals surface area contributed by atoms with Crippen molar-refractivity contribution < 1.29 is 27.4 Å². The summed E-state index contributed by atoms with van der Waals surface area (Å²) >= 11 is 6.39. The monoisotopic (exact) mass is 593 g/mol. The average Bonchev–Trinajstić information content (AvgIpc) is 2.96. The molecule has 1 fully saturated rings. The Balaban J connectivity index is 1.50. The molecule has 0 atom stereocenters. The molecule has 1 saturated carbocycles. The number of carbonyl (C=O) groups is 1. The molecule has 220 valence electrons. The Kier molecular flexibility index (Phi) is 9.98. The third kappa shape index (κ3) is 7.42. The van der Waals surface area contributed by atoms with Crippen LogP contribution in [0.15, 0.2) is 41.3 Å². The molecule has 0 unspecified atom stereocenters. The highest BCUT2D eigenvalue weighted by molar-refractivity contribution is 6.33. The van der Waals surface area contributed by atoms with Crippen LogP contribution in [0, 0.1) is 5.41 Å². The van der Waals surface area contributed by atoms with Crippen LogP contribution in [0.25, 0.3) is 22.8 Å². The van der Waals surface area contributed by atoms with E-state index in [9.17, 15) is 22.8 Å². The Bertz CT molecular complexity index is 1390. The summed E-state index contributed by atoms with van der Waals surface area (Å²) in [6, 6.07) is 7.97. The first-order chi connectivity index (χ1) is 19.6. The van der Waals surface area contributed by atoms with Crippen molar-refractivity contribution in [2.24, 2.45) is 5.41 Å². The number of benzene rings is 1. The van der Waals surface area contributed by atoms with Crippen molar-refractivity contribution in [2.45, 2.75) is 58.2 Å². The molecule has 13 heteroatoms. The van der Waals surface area contributed by atoms with Gasteiger partial charge in [-0.05, 0) is 43.5 Å². The highest BCUT2D eigenvalue weighted by Crippen LogP contribution is 2.49. The van der Waals surface area contributed by atoms with Crippen LogP contribution >= 0.6 is 11.6 Å². The summed E-state index contributed by atoms with van der Waals surface area (Å²) in [6.45, 7) is 3.42. The van der Waals surface area contributed by atoms with Gasteiger partial charge >= 0.3 is 11.9 Å². The number of aromatic amines is 1. The first-order valence-electron chi connectivity index (χ1n) is 13.4. The minimum absolute atomic E-state index is 0.0957. The second-order valence-electron chi connectivity index (χ2n) is 9.75. The summed E-state index contributed by atoms with van der Waals surface area (Å²) < 4.78 is 52.6. The average molecular weight is 594 g/mol. The molecule has 9 nitrogen and oxygen atoms in total. The van der Waals surface area contributed by atoms with Crippen molar-refractivity contribution in [1.29, 1.82) is 0 Å². The molecule has 0 radical (unpaired) electrons. The minimum atomic E-state index is -4.64. The lowest BCUT2D eigenvalue weighted by Gasteiger charge is -2.37. The molecule has 1 aromatic carbocycles. The van der Waals surface area contributed by atoms with Gasteiger partial charge in [0.2, 0.25) is 11.8 Å². The van der Waals surface area contributed by atoms with Crippen LogP contribution in [-0.4, -0.2) is 51.8 Å². The van der Waals surface area contributed by atoms with Gasteiger partial charge in [-0.2, -0.15) is 18.2 Å². The Morgan fingerprint density at radius 1 is 1.12 bits per heavy atom. The molecule has 3 aromatic rings. The number of hydrogen-bond acceptors (Lipinski definition) is 7. The number of nitrogens with zero attached hydrogens (tertiary/aromatic N) is 3. The Morgan fingerprint density at radius 2 is 1.90 bits per heavy atom. The van der Waals surface area contributed by atoms with E-state index in [4.69, 9.17) is 21.1 Å². The summed E-state index contributed by atoms with van der Waals surface area (Å²) in [6.07, 6.45) is -1.53. The number of halogens is 4. The Labute approximate surface area is 239 Å². The predicted molar refractivity (Wildman–Crippen MR) is 146 cm³/mol. The van der Waals surface area contributed by atoms with Gasteiger partial charge < -0.3 is 14.8 Å². The van der Waals surface area contributed by atoms with Crippen molar-refractivity contribution in [3.63, 3.8) is 0 Å². The molecule has 0 spiro atoms. The number of pyridine rings is 1. The van der Waals surface area contributed by atoms with Crippen molar-refractivity contribution >= 4 is 17.5 Å². The third-order valence-corrected chi connectivity index (χ3v) is 7.29. The molecule has 1 aliphatic carbocycles. The number of alkyl halides is 3. The van der Waals surface area contributed by atoms with E-state index in [2.05, 4.69) is 25.3 Å². The summed E-state index contributed by atoms with van der Waals surface area (Å²) in [5, 5.41) is 2.70. The molecular weight excluding hydrogens is 563 g/mol. The first-order valence-corrected chi connectivity index (χ1v) is 13.8. The topological polar surface area (TPSA) is 119 Å². The lowest BCUT2D eigenvalue weighted by atomic mass is 9.72. The van der Waals surface area contributed by atoms with Crippen molar-refractivity contribution in [3.8, 4) is 28.7 Å². The van der Waals surface area contributed by atoms with Gasteiger partial charge in [0.15, 0.2) is 5.82 Å². The molecular formula is C28H31ClF3N5O4. The summed E-state index contributed by atoms with van der Waals surface area (Å²) in [7, 11) is 0. The van der Waals surface area contributed by atoms with E-state index in [1.165, 1.54) is 12.3 Å². The van der Waals surface area contributed by atoms with Crippen LogP contribution in [0.1, 0.15) is 51.0 Å². The van der Waals surface area contributed by atoms with E-state index in [0.29, 0.717) is 68.1 Å². The van der Waals surface area contributed by atoms with E-state index in [-0.39, 0.29) is 36.1 Å². The van der Waals surface area contributed by atoms with Gasteiger partial charge in [-0.25, -0.2) is 14.8 Å². The van der Waals surface area contributed by atoms with E-state index >= 15 is 0 Å². The summed E-state index contributed by atoms with van der Waals surface area (Å²) in [4.78, 5) is 40.3. The van der Waals surface area contributed by atoms with Crippen molar-refractivity contribution in [1.82, 2.24) is 25.3 Å². The number of hydrogen-bond donors (Lipinski definition) is 2. The number of amides is 1. The summed E-state index contributed by atoms with van der Waals surface area (Å²) in [5.41, 5.74) is -1.79. The normalized spacial score (nSPS) is 15.0. The first kappa shape index (κ1) is 30.4. The van der Waals surface area contributed by atoms with Crippen LogP contribution in [0.5, 0.6) is 5.88 Å². The van der Waals surface area contributed by atoms with E-state index in [1.54, 1.807) is 24.3 Å².